The number of benzene rings is 6. The second-order valence-electron chi connectivity index (χ2n) is 19.1. The number of fused-ring (bicyclic) bond motifs is 2. The van der Waals surface area contributed by atoms with E-state index in [1.807, 2.05) is 88.6 Å². The summed E-state index contributed by atoms with van der Waals surface area (Å²) in [5.74, 6) is 1.17. The third-order valence-corrected chi connectivity index (χ3v) is 14.5. The Balaban J connectivity index is 0.000000140. The molecule has 0 bridgehead atoms. The van der Waals surface area contributed by atoms with Crippen molar-refractivity contribution in [3.05, 3.63) is 149 Å². The Hall–Kier alpha value is -6.82. The molecule has 0 unspecified atom stereocenters. The summed E-state index contributed by atoms with van der Waals surface area (Å²) < 4.78 is 23.7. The number of halogens is 1. The fraction of sp³-hybridized carbons (Fsp3) is 0.286. The first kappa shape index (κ1) is 50.1. The first-order valence-electron chi connectivity index (χ1n) is 24.3. The molecule has 0 saturated carbocycles. The monoisotopic (exact) mass is 1030 g/mol. The Morgan fingerprint density at radius 1 is 0.569 bits per heavy atom. The Morgan fingerprint density at radius 2 is 1.04 bits per heavy atom. The van der Waals surface area contributed by atoms with Crippen molar-refractivity contribution in [1.82, 2.24) is 19.9 Å². The molecule has 3 aliphatic heterocycles. The quantitative estimate of drug-likeness (QED) is 0.0837. The van der Waals surface area contributed by atoms with Gasteiger partial charge in [-0.2, -0.15) is 0 Å². The summed E-state index contributed by atoms with van der Waals surface area (Å²) in [5, 5.41) is 8.65. The Labute approximate surface area is 430 Å². The van der Waals surface area contributed by atoms with Crippen LogP contribution >= 0.6 is 15.9 Å². The fourth-order valence-electron chi connectivity index (χ4n) is 8.64. The highest BCUT2D eigenvalue weighted by Gasteiger charge is 2.51. The van der Waals surface area contributed by atoms with E-state index in [2.05, 4.69) is 138 Å². The van der Waals surface area contributed by atoms with Crippen LogP contribution < -0.4 is 37.4 Å². The zero-order valence-electron chi connectivity index (χ0n) is 41.8. The molecule has 0 aliphatic carbocycles. The van der Waals surface area contributed by atoms with Gasteiger partial charge in [-0.05, 0) is 152 Å². The average Bonchev–Trinajstić information content (AvgIpc) is 3.62. The third kappa shape index (κ3) is 11.8. The molecular weight excluding hydrogens is 967 g/mol. The zero-order chi connectivity index (χ0) is 50.4. The van der Waals surface area contributed by atoms with Gasteiger partial charge in [0.05, 0.1) is 48.7 Å². The lowest BCUT2D eigenvalue weighted by molar-refractivity contribution is 0.00578. The number of nitrogens with one attached hydrogen (secondary N) is 2. The van der Waals surface area contributed by atoms with Crippen LogP contribution in [0.4, 0.5) is 46.0 Å². The number of morpholine rings is 2. The highest BCUT2D eigenvalue weighted by molar-refractivity contribution is 9.10. The number of hydrogen-bond acceptors (Lipinski definition) is 14. The summed E-state index contributed by atoms with van der Waals surface area (Å²) in [4.78, 5) is 23.1. The average molecular weight is 1030 g/mol. The maximum Gasteiger partial charge on any atom is 0.494 e. The van der Waals surface area contributed by atoms with Gasteiger partial charge >= 0.3 is 7.12 Å². The van der Waals surface area contributed by atoms with Crippen molar-refractivity contribution in [2.45, 2.75) is 52.7 Å². The van der Waals surface area contributed by atoms with E-state index in [4.69, 9.17) is 35.2 Å². The molecule has 0 spiro atoms. The topological polar surface area (TPSA) is 171 Å². The predicted octanol–water partition coefficient (Wildman–Crippen LogP) is 10.6. The number of nitrogen functional groups attached to an aromatic ring is 2. The largest absolute Gasteiger partial charge is 0.494 e. The third-order valence-electron chi connectivity index (χ3n) is 13.5. The summed E-state index contributed by atoms with van der Waals surface area (Å²) in [6, 6.07) is 40.5. The molecule has 2 aromatic heterocycles. The molecule has 8 aromatic rings. The summed E-state index contributed by atoms with van der Waals surface area (Å²) >= 11 is 3.62. The molecule has 72 heavy (non-hydrogen) atoms. The molecule has 11 rings (SSSR count). The van der Waals surface area contributed by atoms with Crippen molar-refractivity contribution in [3.8, 4) is 11.1 Å². The summed E-state index contributed by atoms with van der Waals surface area (Å²) in [6.45, 7) is 19.2. The van der Waals surface area contributed by atoms with E-state index >= 15 is 0 Å². The molecule has 0 radical (unpaired) electrons. The number of aromatic nitrogens is 4. The van der Waals surface area contributed by atoms with Crippen LogP contribution in [0, 0.1) is 13.8 Å². The maximum absolute atomic E-state index is 6.03. The molecule has 370 valence electrons. The number of ether oxygens (including phenoxy) is 2. The van der Waals surface area contributed by atoms with Gasteiger partial charge in [-0.25, -0.2) is 19.9 Å². The van der Waals surface area contributed by atoms with Gasteiger partial charge < -0.3 is 50.7 Å². The lowest BCUT2D eigenvalue weighted by Gasteiger charge is -2.32. The highest BCUT2D eigenvalue weighted by Crippen LogP contribution is 2.37. The molecule has 3 aliphatic rings. The van der Waals surface area contributed by atoms with Crippen LogP contribution in [0.1, 0.15) is 38.8 Å². The Kier molecular flexibility index (Phi) is 15.2. The van der Waals surface area contributed by atoms with Crippen LogP contribution in [0.25, 0.3) is 32.9 Å². The number of rotatable bonds is 8. The second kappa shape index (κ2) is 21.9. The molecule has 5 heterocycles. The zero-order valence-corrected chi connectivity index (χ0v) is 43.4. The maximum atomic E-state index is 6.03. The van der Waals surface area contributed by atoms with Gasteiger partial charge in [-0.1, -0.05) is 48.5 Å². The van der Waals surface area contributed by atoms with Crippen LogP contribution in [0.15, 0.2) is 138 Å². The standard InChI is InChI=1S/C25H25N5O.C19H19BrN4O.C12H18BNO2/c1-17-5-6-19-16-27-25(29-24(19)23(17)18-3-2-4-20(26)15-18)28-21-7-9-22(10-8-21)30-11-13-31-14-12-30;1-13-2-3-14-12-21-19(23-18(14)17(13)20)22-15-4-6-16(7-5-15)24-8-10-25-11-9-24;1-11(2)12(3,4)16-13(15-11)9-6-5-7-10(14)8-9/h2-10,15-16H,11-14,26H2,1H3,(H,27,28,29);2-7,12H,8-11H2,1H3,(H,21,22,23);5-8H,14H2,1-4H3. The lowest BCUT2D eigenvalue weighted by atomic mass is 9.79. The van der Waals surface area contributed by atoms with E-state index in [-0.39, 0.29) is 18.3 Å². The van der Waals surface area contributed by atoms with E-state index in [1.165, 1.54) is 11.4 Å². The lowest BCUT2D eigenvalue weighted by Crippen LogP contribution is -2.41. The van der Waals surface area contributed by atoms with Crippen molar-refractivity contribution >= 4 is 96.3 Å². The normalized spacial score (nSPS) is 16.1. The SMILES string of the molecule is CC1(C)OB(c2cccc(N)c2)OC1(C)C.Cc1ccc2cnc(Nc3ccc(N4CCOCC4)cc3)nc2c1-c1cccc(N)c1.Cc1ccc2cnc(Nc3ccc(N4CCOCC4)cc3)nc2c1Br. The number of nitrogens with two attached hydrogens (primary N) is 2. The Bertz CT molecular complexity index is 3130. The molecule has 0 amide bonds. The van der Waals surface area contributed by atoms with E-state index < -0.39 is 0 Å². The van der Waals surface area contributed by atoms with Gasteiger partial charge in [0.2, 0.25) is 11.9 Å². The second-order valence-corrected chi connectivity index (χ2v) is 19.9. The van der Waals surface area contributed by atoms with Crippen LogP contribution in [0.3, 0.4) is 0 Å². The highest BCUT2D eigenvalue weighted by atomic mass is 79.9. The first-order chi connectivity index (χ1) is 34.7. The molecule has 6 N–H and O–H groups in total. The number of hydrogen-bond donors (Lipinski definition) is 4. The van der Waals surface area contributed by atoms with E-state index in [0.29, 0.717) is 11.9 Å². The van der Waals surface area contributed by atoms with E-state index in [9.17, 15) is 0 Å². The first-order valence-corrected chi connectivity index (χ1v) is 25.1. The summed E-state index contributed by atoms with van der Waals surface area (Å²) in [5.41, 5.74) is 24.2. The molecular formula is C56H62BBrN10O4. The predicted molar refractivity (Wildman–Crippen MR) is 298 cm³/mol. The number of aryl methyl sites for hydroxylation is 2. The van der Waals surface area contributed by atoms with Crippen LogP contribution in [0.2, 0.25) is 0 Å². The summed E-state index contributed by atoms with van der Waals surface area (Å²) in [7, 11) is -0.325. The number of anilines is 8. The van der Waals surface area contributed by atoms with Crippen molar-refractivity contribution in [2.24, 2.45) is 0 Å². The van der Waals surface area contributed by atoms with Crippen molar-refractivity contribution in [3.63, 3.8) is 0 Å². The molecule has 0 atom stereocenters. The van der Waals surface area contributed by atoms with Crippen molar-refractivity contribution < 1.29 is 18.8 Å². The van der Waals surface area contributed by atoms with Crippen molar-refractivity contribution in [1.29, 1.82) is 0 Å². The van der Waals surface area contributed by atoms with Gasteiger partial charge in [-0.3, -0.25) is 0 Å². The van der Waals surface area contributed by atoms with Crippen LogP contribution in [-0.4, -0.2) is 90.9 Å². The molecule has 16 heteroatoms. The minimum absolute atomic E-state index is 0.303. The molecule has 3 saturated heterocycles. The van der Waals surface area contributed by atoms with E-state index in [0.717, 1.165) is 129 Å². The van der Waals surface area contributed by atoms with Gasteiger partial charge in [0.1, 0.15) is 0 Å². The minimum atomic E-state index is -0.325. The van der Waals surface area contributed by atoms with E-state index in [1.54, 1.807) is 0 Å². The molecule has 14 nitrogen and oxygen atoms in total. The smallest absolute Gasteiger partial charge is 0.399 e. The van der Waals surface area contributed by atoms with Gasteiger partial charge in [0.25, 0.3) is 0 Å². The number of nitrogens with zero attached hydrogens (tertiary/aromatic N) is 6. The van der Waals surface area contributed by atoms with Gasteiger partial charge in [-0.15, -0.1) is 0 Å². The Morgan fingerprint density at radius 3 is 1.56 bits per heavy atom. The van der Waals surface area contributed by atoms with Gasteiger partial charge in [0.15, 0.2) is 0 Å². The molecule has 3 fully saturated rings. The van der Waals surface area contributed by atoms with Crippen LogP contribution in [-0.2, 0) is 18.8 Å². The molecule has 6 aromatic carbocycles. The van der Waals surface area contributed by atoms with Crippen LogP contribution in [0.5, 0.6) is 0 Å². The van der Waals surface area contributed by atoms with Gasteiger partial charge in [0, 0.05) is 93.5 Å². The van der Waals surface area contributed by atoms with Crippen molar-refractivity contribution in [2.75, 3.05) is 84.5 Å². The minimum Gasteiger partial charge on any atom is -0.399 e. The summed E-state index contributed by atoms with van der Waals surface area (Å²) in [6.07, 6.45) is 3.71. The fourth-order valence-corrected chi connectivity index (χ4v) is 9.09.